The van der Waals surface area contributed by atoms with Crippen LogP contribution in [0.1, 0.15) is 68.4 Å². The van der Waals surface area contributed by atoms with Crippen molar-refractivity contribution in [3.05, 3.63) is 76.8 Å². The van der Waals surface area contributed by atoms with Crippen molar-refractivity contribution < 1.29 is 17.2 Å². The second-order valence-electron chi connectivity index (χ2n) is 11.1. The van der Waals surface area contributed by atoms with Crippen LogP contribution < -0.4 is 0 Å². The fourth-order valence-corrected chi connectivity index (χ4v) is 6.50. The number of halogens is 2. The Balaban J connectivity index is 1.62. The van der Waals surface area contributed by atoms with E-state index in [9.17, 15) is 17.2 Å². The van der Waals surface area contributed by atoms with Crippen LogP contribution in [0.25, 0.3) is 17.2 Å². The van der Waals surface area contributed by atoms with Gasteiger partial charge in [-0.15, -0.1) is 10.2 Å². The van der Waals surface area contributed by atoms with Gasteiger partial charge < -0.3 is 0 Å². The molecule has 1 aliphatic carbocycles. The fourth-order valence-electron chi connectivity index (χ4n) is 5.95. The Labute approximate surface area is 232 Å². The summed E-state index contributed by atoms with van der Waals surface area (Å²) in [6.45, 7) is 10.4. The quantitative estimate of drug-likeness (QED) is 0.320. The van der Waals surface area contributed by atoms with Crippen molar-refractivity contribution in [2.24, 2.45) is 5.41 Å². The molecule has 1 aliphatic rings. The Hall–Kier alpha value is -3.67. The fraction of sp³-hybridized carbons (Fsp3) is 0.429. The number of hydrogen-bond donors (Lipinski definition) is 0. The van der Waals surface area contributed by atoms with Gasteiger partial charge in [0.1, 0.15) is 27.8 Å². The average Bonchev–Trinajstić information content (AvgIpc) is 3.42. The van der Waals surface area contributed by atoms with Crippen molar-refractivity contribution in [1.29, 1.82) is 0 Å². The van der Waals surface area contributed by atoms with Crippen molar-refractivity contribution >= 4 is 9.84 Å². The van der Waals surface area contributed by atoms with Crippen LogP contribution in [0.2, 0.25) is 0 Å². The maximum Gasteiger partial charge on any atom is 0.252 e. The molecule has 40 heavy (non-hydrogen) atoms. The Morgan fingerprint density at radius 3 is 2.40 bits per heavy atom. The average molecular weight is 568 g/mol. The first-order chi connectivity index (χ1) is 18.8. The van der Waals surface area contributed by atoms with Crippen LogP contribution in [0.5, 0.6) is 0 Å². The topological polar surface area (TPSA) is 116 Å². The van der Waals surface area contributed by atoms with E-state index in [4.69, 9.17) is 4.98 Å². The molecule has 1 aromatic carbocycles. The van der Waals surface area contributed by atoms with Gasteiger partial charge in [0.25, 0.3) is 5.95 Å². The zero-order chi connectivity index (χ0) is 29.0. The largest absolute Gasteiger partial charge is 0.252 e. The van der Waals surface area contributed by atoms with Crippen molar-refractivity contribution in [1.82, 2.24) is 34.9 Å². The third-order valence-electron chi connectivity index (χ3n) is 8.33. The van der Waals surface area contributed by atoms with Gasteiger partial charge in [-0.3, -0.25) is 0 Å². The summed E-state index contributed by atoms with van der Waals surface area (Å²) in [5, 5.41) is 13.3. The van der Waals surface area contributed by atoms with E-state index < -0.39 is 32.3 Å². The molecule has 12 heteroatoms. The van der Waals surface area contributed by atoms with Crippen molar-refractivity contribution in [3.8, 4) is 17.2 Å². The van der Waals surface area contributed by atoms with Gasteiger partial charge in [0.2, 0.25) is 0 Å². The second kappa shape index (κ2) is 9.76. The third-order valence-corrected chi connectivity index (χ3v) is 9.28. The number of sulfone groups is 1. The smallest absolute Gasteiger partial charge is 0.229 e. The SMILES string of the molecule is CCC1c2cc(-c3c(F)cccc3F)nnc2C(C)(c2nc(-n3cnc(CCS(C)(=O)=O)n3)ncc2C)C1(C)C. The van der Waals surface area contributed by atoms with Crippen LogP contribution in [-0.2, 0) is 21.7 Å². The summed E-state index contributed by atoms with van der Waals surface area (Å²) >= 11 is 0. The summed E-state index contributed by atoms with van der Waals surface area (Å²) in [5.74, 6) is -0.780. The highest BCUT2D eigenvalue weighted by Gasteiger charge is 2.58. The zero-order valence-electron chi connectivity index (χ0n) is 23.3. The van der Waals surface area contributed by atoms with E-state index in [1.165, 1.54) is 35.5 Å². The number of nitrogens with zero attached hydrogens (tertiary/aromatic N) is 7. The number of aryl methyl sites for hydroxylation is 2. The standard InChI is InChI=1S/C28H31F2N7O2S/c1-7-18-17-13-21(23-19(29)9-8-10-20(23)30)34-35-25(17)28(5,27(18,3)4)24-16(2)14-31-26(33-24)37-15-32-22(36-37)11-12-40(6,38)39/h8-10,13-15,18H,7,11-12H2,1-6H3. The molecule has 3 heterocycles. The van der Waals surface area contributed by atoms with E-state index in [1.54, 1.807) is 12.3 Å². The molecule has 9 nitrogen and oxygen atoms in total. The summed E-state index contributed by atoms with van der Waals surface area (Å²) in [4.78, 5) is 13.6. The molecular weight excluding hydrogens is 536 g/mol. The predicted octanol–water partition coefficient (Wildman–Crippen LogP) is 4.53. The highest BCUT2D eigenvalue weighted by Crippen LogP contribution is 2.62. The van der Waals surface area contributed by atoms with Gasteiger partial charge in [-0.2, -0.15) is 9.78 Å². The lowest BCUT2D eigenvalue weighted by molar-refractivity contribution is 0.188. The van der Waals surface area contributed by atoms with Crippen molar-refractivity contribution in [2.45, 2.75) is 58.8 Å². The monoisotopic (exact) mass is 567 g/mol. The van der Waals surface area contributed by atoms with E-state index in [0.717, 1.165) is 23.2 Å². The first-order valence-electron chi connectivity index (χ1n) is 13.0. The molecule has 210 valence electrons. The van der Waals surface area contributed by atoms with E-state index in [-0.39, 0.29) is 35.3 Å². The maximum absolute atomic E-state index is 14.6. The Morgan fingerprint density at radius 1 is 1.05 bits per heavy atom. The van der Waals surface area contributed by atoms with Crippen LogP contribution in [0.4, 0.5) is 8.78 Å². The predicted molar refractivity (Wildman–Crippen MR) is 146 cm³/mol. The van der Waals surface area contributed by atoms with Crippen LogP contribution in [0, 0.1) is 24.0 Å². The molecule has 0 bridgehead atoms. The molecule has 0 amide bonds. The summed E-state index contributed by atoms with van der Waals surface area (Å²) in [6, 6.07) is 5.50. The van der Waals surface area contributed by atoms with Gasteiger partial charge in [-0.1, -0.05) is 26.8 Å². The van der Waals surface area contributed by atoms with Crippen LogP contribution in [0.3, 0.4) is 0 Å². The van der Waals surface area contributed by atoms with Gasteiger partial charge in [0, 0.05) is 18.9 Å². The maximum atomic E-state index is 14.6. The van der Waals surface area contributed by atoms with E-state index in [0.29, 0.717) is 11.5 Å². The highest BCUT2D eigenvalue weighted by molar-refractivity contribution is 7.90. The van der Waals surface area contributed by atoms with E-state index >= 15 is 0 Å². The van der Waals surface area contributed by atoms with Gasteiger partial charge in [-0.05, 0) is 60.9 Å². The molecule has 0 saturated heterocycles. The Bertz CT molecular complexity index is 1700. The molecule has 2 atom stereocenters. The lowest BCUT2D eigenvalue weighted by Gasteiger charge is -2.41. The molecule has 2 unspecified atom stereocenters. The lowest BCUT2D eigenvalue weighted by atomic mass is 9.62. The second-order valence-corrected chi connectivity index (χ2v) is 13.4. The van der Waals surface area contributed by atoms with Crippen molar-refractivity contribution in [2.75, 3.05) is 12.0 Å². The molecule has 0 spiro atoms. The molecule has 4 aromatic rings. The summed E-state index contributed by atoms with van der Waals surface area (Å²) in [6.07, 6.45) is 5.30. The first kappa shape index (κ1) is 27.9. The normalized spacial score (nSPS) is 20.1. The summed E-state index contributed by atoms with van der Waals surface area (Å²) in [7, 11) is -3.16. The van der Waals surface area contributed by atoms with Crippen LogP contribution in [-0.4, -0.2) is 55.4 Å². The lowest BCUT2D eigenvalue weighted by Crippen LogP contribution is -2.40. The number of aromatic nitrogens is 7. The molecule has 0 N–H and O–H groups in total. The minimum atomic E-state index is -3.16. The van der Waals surface area contributed by atoms with Gasteiger partial charge in [0.15, 0.2) is 5.82 Å². The molecule has 3 aromatic heterocycles. The zero-order valence-corrected chi connectivity index (χ0v) is 24.1. The third kappa shape index (κ3) is 4.47. The molecule has 0 radical (unpaired) electrons. The van der Waals surface area contributed by atoms with E-state index in [2.05, 4.69) is 53.0 Å². The van der Waals surface area contributed by atoms with Crippen molar-refractivity contribution in [3.63, 3.8) is 0 Å². The number of rotatable bonds is 7. The van der Waals surface area contributed by atoms with E-state index in [1.807, 2.05) is 6.92 Å². The van der Waals surface area contributed by atoms with Gasteiger partial charge >= 0.3 is 0 Å². The molecule has 0 saturated carbocycles. The van der Waals surface area contributed by atoms with Gasteiger partial charge in [0.05, 0.1) is 33.8 Å². The van der Waals surface area contributed by atoms with Crippen LogP contribution >= 0.6 is 0 Å². The van der Waals surface area contributed by atoms with Crippen LogP contribution in [0.15, 0.2) is 36.8 Å². The Kier molecular flexibility index (Phi) is 6.80. The minimum Gasteiger partial charge on any atom is -0.229 e. The molecular formula is C28H31F2N7O2S. The number of hydrogen-bond acceptors (Lipinski definition) is 8. The minimum absolute atomic E-state index is 0.00312. The highest BCUT2D eigenvalue weighted by atomic mass is 32.2. The first-order valence-corrected chi connectivity index (χ1v) is 15.1. The summed E-state index contributed by atoms with van der Waals surface area (Å²) in [5.41, 5.74) is 1.96. The summed E-state index contributed by atoms with van der Waals surface area (Å²) < 4.78 is 53.8. The number of fused-ring (bicyclic) bond motifs is 1. The molecule has 5 rings (SSSR count). The Morgan fingerprint density at radius 2 is 1.75 bits per heavy atom. The number of benzene rings is 1. The van der Waals surface area contributed by atoms with Gasteiger partial charge in [-0.25, -0.2) is 32.2 Å². The molecule has 0 aliphatic heterocycles. The molecule has 0 fully saturated rings.